The summed E-state index contributed by atoms with van der Waals surface area (Å²) >= 11 is 3.32. The average Bonchev–Trinajstić information content (AvgIpc) is 2.48. The number of nitrogens with zero attached hydrogens (tertiary/aromatic N) is 1. The molecule has 0 aliphatic carbocycles. The third-order valence-electron chi connectivity index (χ3n) is 3.38. The van der Waals surface area contributed by atoms with Crippen molar-refractivity contribution in [3.8, 4) is 0 Å². The smallest absolute Gasteiger partial charge is 0.321 e. The number of halogens is 1. The van der Waals surface area contributed by atoms with E-state index in [0.717, 1.165) is 17.6 Å². The Morgan fingerprint density at radius 1 is 1.29 bits per heavy atom. The van der Waals surface area contributed by atoms with Gasteiger partial charge in [-0.2, -0.15) is 0 Å². The summed E-state index contributed by atoms with van der Waals surface area (Å²) in [7, 11) is 0. The van der Waals surface area contributed by atoms with Crippen LogP contribution in [-0.2, 0) is 9.59 Å². The summed E-state index contributed by atoms with van der Waals surface area (Å²) in [6.45, 7) is 2.78. The zero-order valence-electron chi connectivity index (χ0n) is 11.5. The highest BCUT2D eigenvalue weighted by Gasteiger charge is 2.28. The fourth-order valence-corrected chi connectivity index (χ4v) is 2.55. The van der Waals surface area contributed by atoms with Crippen LogP contribution in [0.4, 0.5) is 5.69 Å². The minimum atomic E-state index is -0.956. The highest BCUT2D eigenvalue weighted by atomic mass is 79.9. The molecule has 0 saturated carbocycles. The van der Waals surface area contributed by atoms with Gasteiger partial charge in [-0.3, -0.25) is 14.5 Å². The van der Waals surface area contributed by atoms with Gasteiger partial charge in [-0.05, 0) is 24.3 Å². The molecule has 21 heavy (non-hydrogen) atoms. The Hall–Kier alpha value is -1.44. The van der Waals surface area contributed by atoms with Crippen LogP contribution in [-0.4, -0.2) is 54.1 Å². The molecule has 1 aliphatic heterocycles. The molecule has 1 saturated heterocycles. The Kier molecular flexibility index (Phi) is 5.72. The second kappa shape index (κ2) is 7.53. The predicted octanol–water partition coefficient (Wildman–Crippen LogP) is 1.14. The molecule has 3 N–H and O–H groups in total. The summed E-state index contributed by atoms with van der Waals surface area (Å²) in [5.74, 6) is -1.24. The van der Waals surface area contributed by atoms with E-state index in [9.17, 15) is 14.7 Å². The van der Waals surface area contributed by atoms with Gasteiger partial charge in [0.2, 0.25) is 5.91 Å². The number of carboxylic acid groups (broad SMARTS) is 1. The van der Waals surface area contributed by atoms with Crippen LogP contribution in [0.5, 0.6) is 0 Å². The van der Waals surface area contributed by atoms with Crippen LogP contribution in [0, 0.1) is 0 Å². The molecule has 1 aliphatic rings. The SMILES string of the molecule is O=C(C[C@H](C(=O)O)N1CCNCC1)Nc1ccc(Br)cc1. The first-order valence-electron chi connectivity index (χ1n) is 6.79. The van der Waals surface area contributed by atoms with Gasteiger partial charge < -0.3 is 15.7 Å². The van der Waals surface area contributed by atoms with E-state index in [2.05, 4.69) is 26.6 Å². The number of amides is 1. The van der Waals surface area contributed by atoms with E-state index in [-0.39, 0.29) is 12.3 Å². The lowest BCUT2D eigenvalue weighted by Crippen LogP contribution is -2.52. The van der Waals surface area contributed by atoms with Crippen molar-refractivity contribution in [2.24, 2.45) is 0 Å². The molecule has 0 bridgehead atoms. The van der Waals surface area contributed by atoms with Crippen molar-refractivity contribution in [3.63, 3.8) is 0 Å². The number of piperazine rings is 1. The van der Waals surface area contributed by atoms with Crippen molar-refractivity contribution in [1.29, 1.82) is 0 Å². The number of carbonyl (C=O) groups excluding carboxylic acids is 1. The maximum Gasteiger partial charge on any atom is 0.321 e. The van der Waals surface area contributed by atoms with E-state index in [0.29, 0.717) is 18.8 Å². The van der Waals surface area contributed by atoms with Crippen molar-refractivity contribution in [2.75, 3.05) is 31.5 Å². The van der Waals surface area contributed by atoms with E-state index in [1.54, 1.807) is 12.1 Å². The highest BCUT2D eigenvalue weighted by molar-refractivity contribution is 9.10. The Labute approximate surface area is 131 Å². The van der Waals surface area contributed by atoms with Gasteiger partial charge in [-0.25, -0.2) is 0 Å². The second-order valence-corrected chi connectivity index (χ2v) is 5.81. The summed E-state index contributed by atoms with van der Waals surface area (Å²) in [6.07, 6.45) is -0.0502. The standard InChI is InChI=1S/C14H18BrN3O3/c15-10-1-3-11(4-2-10)17-13(19)9-12(14(20)21)18-7-5-16-6-8-18/h1-4,12,16H,5-9H2,(H,17,19)(H,20,21)/t12-/m1/s1. The molecule has 1 aromatic carbocycles. The van der Waals surface area contributed by atoms with Crippen LogP contribution in [0.3, 0.4) is 0 Å². The number of carboxylic acids is 1. The highest BCUT2D eigenvalue weighted by Crippen LogP contribution is 2.15. The Morgan fingerprint density at radius 2 is 1.90 bits per heavy atom. The molecule has 7 heteroatoms. The van der Waals surface area contributed by atoms with Crippen LogP contribution in [0.15, 0.2) is 28.7 Å². The van der Waals surface area contributed by atoms with Gasteiger partial charge >= 0.3 is 5.97 Å². The normalized spacial score (nSPS) is 17.2. The fraction of sp³-hybridized carbons (Fsp3) is 0.429. The molecule has 1 aromatic rings. The van der Waals surface area contributed by atoms with Crippen LogP contribution in [0.25, 0.3) is 0 Å². The first-order valence-corrected chi connectivity index (χ1v) is 7.58. The molecule has 0 radical (unpaired) electrons. The van der Waals surface area contributed by atoms with Crippen LogP contribution >= 0.6 is 15.9 Å². The largest absolute Gasteiger partial charge is 0.480 e. The maximum absolute atomic E-state index is 12.0. The molecule has 0 unspecified atom stereocenters. The lowest BCUT2D eigenvalue weighted by atomic mass is 10.1. The summed E-state index contributed by atoms with van der Waals surface area (Å²) < 4.78 is 0.921. The Balaban J connectivity index is 1.94. The van der Waals surface area contributed by atoms with Gasteiger partial charge in [0.15, 0.2) is 0 Å². The van der Waals surface area contributed by atoms with Gasteiger partial charge in [0.05, 0.1) is 6.42 Å². The molecule has 1 amide bonds. The topological polar surface area (TPSA) is 81.7 Å². The van der Waals surface area contributed by atoms with Crippen molar-refractivity contribution in [3.05, 3.63) is 28.7 Å². The molecule has 114 valence electrons. The molecule has 0 spiro atoms. The molecular formula is C14H18BrN3O3. The summed E-state index contributed by atoms with van der Waals surface area (Å²) in [5, 5.41) is 15.2. The molecule has 1 heterocycles. The third kappa shape index (κ3) is 4.80. The summed E-state index contributed by atoms with van der Waals surface area (Å²) in [5.41, 5.74) is 0.660. The van der Waals surface area contributed by atoms with Gasteiger partial charge in [0.25, 0.3) is 0 Å². The minimum Gasteiger partial charge on any atom is -0.480 e. The third-order valence-corrected chi connectivity index (χ3v) is 3.91. The van der Waals surface area contributed by atoms with E-state index in [1.165, 1.54) is 0 Å². The lowest BCUT2D eigenvalue weighted by Gasteiger charge is -2.32. The van der Waals surface area contributed by atoms with E-state index in [4.69, 9.17) is 0 Å². The van der Waals surface area contributed by atoms with E-state index >= 15 is 0 Å². The molecule has 0 aromatic heterocycles. The predicted molar refractivity (Wildman–Crippen MR) is 83.3 cm³/mol. The maximum atomic E-state index is 12.0. The number of anilines is 1. The monoisotopic (exact) mass is 355 g/mol. The Morgan fingerprint density at radius 3 is 2.48 bits per heavy atom. The molecule has 1 atom stereocenters. The average molecular weight is 356 g/mol. The van der Waals surface area contributed by atoms with Crippen LogP contribution in [0.2, 0.25) is 0 Å². The lowest BCUT2D eigenvalue weighted by molar-refractivity contribution is -0.145. The number of benzene rings is 1. The molecule has 6 nitrogen and oxygen atoms in total. The number of nitrogens with one attached hydrogen (secondary N) is 2. The number of rotatable bonds is 5. The minimum absolute atomic E-state index is 0.0502. The molecule has 2 rings (SSSR count). The van der Waals surface area contributed by atoms with E-state index in [1.807, 2.05) is 17.0 Å². The first-order chi connectivity index (χ1) is 10.1. The van der Waals surface area contributed by atoms with Crippen molar-refractivity contribution < 1.29 is 14.7 Å². The van der Waals surface area contributed by atoms with Gasteiger partial charge in [-0.1, -0.05) is 15.9 Å². The van der Waals surface area contributed by atoms with Gasteiger partial charge in [-0.15, -0.1) is 0 Å². The zero-order chi connectivity index (χ0) is 15.2. The molecular weight excluding hydrogens is 338 g/mol. The fourth-order valence-electron chi connectivity index (χ4n) is 2.29. The quantitative estimate of drug-likeness (QED) is 0.737. The summed E-state index contributed by atoms with van der Waals surface area (Å²) in [6, 6.07) is 6.40. The number of hydrogen-bond acceptors (Lipinski definition) is 4. The zero-order valence-corrected chi connectivity index (χ0v) is 13.1. The van der Waals surface area contributed by atoms with Crippen molar-refractivity contribution >= 4 is 33.5 Å². The van der Waals surface area contributed by atoms with Crippen molar-refractivity contribution in [1.82, 2.24) is 10.2 Å². The molecule has 1 fully saturated rings. The number of aliphatic carboxylic acids is 1. The van der Waals surface area contributed by atoms with Crippen LogP contribution in [0.1, 0.15) is 6.42 Å². The Bertz CT molecular complexity index is 501. The van der Waals surface area contributed by atoms with Crippen LogP contribution < -0.4 is 10.6 Å². The van der Waals surface area contributed by atoms with Gasteiger partial charge in [0.1, 0.15) is 6.04 Å². The van der Waals surface area contributed by atoms with Crippen molar-refractivity contribution in [2.45, 2.75) is 12.5 Å². The number of hydrogen-bond donors (Lipinski definition) is 3. The second-order valence-electron chi connectivity index (χ2n) is 4.90. The summed E-state index contributed by atoms with van der Waals surface area (Å²) in [4.78, 5) is 25.2. The first kappa shape index (κ1) is 15.9. The number of carbonyl (C=O) groups is 2. The van der Waals surface area contributed by atoms with E-state index < -0.39 is 12.0 Å². The van der Waals surface area contributed by atoms with Gasteiger partial charge in [0, 0.05) is 36.3 Å².